The van der Waals surface area contributed by atoms with Crippen molar-refractivity contribution in [3.05, 3.63) is 35.9 Å². The molecule has 1 aromatic carbocycles. The predicted molar refractivity (Wildman–Crippen MR) is 57.1 cm³/mol. The Labute approximate surface area is 85.5 Å². The normalized spacial score (nSPS) is 20.0. The summed E-state index contributed by atoms with van der Waals surface area (Å²) in [6.07, 6.45) is 1.72. The summed E-state index contributed by atoms with van der Waals surface area (Å²) < 4.78 is 5.18. The molecular weight excluding hydrogens is 174 g/mol. The van der Waals surface area contributed by atoms with Gasteiger partial charge in [-0.15, -0.1) is 0 Å². The molecule has 14 heavy (non-hydrogen) atoms. The first-order chi connectivity index (χ1) is 6.84. The van der Waals surface area contributed by atoms with Crippen LogP contribution < -0.4 is 0 Å². The van der Waals surface area contributed by atoms with Gasteiger partial charge in [-0.3, -0.25) is 0 Å². The predicted octanol–water partition coefficient (Wildman–Crippen LogP) is 1.91. The second kappa shape index (κ2) is 4.58. The minimum absolute atomic E-state index is 0.549. The maximum absolute atomic E-state index is 5.18. The average molecular weight is 191 g/mol. The smallest absolute Gasteiger partial charge is 0.0822 e. The minimum atomic E-state index is 0.549. The van der Waals surface area contributed by atoms with Crippen LogP contribution in [0.4, 0.5) is 0 Å². The topological polar surface area (TPSA) is 15.8 Å². The molecule has 1 aromatic rings. The van der Waals surface area contributed by atoms with Gasteiger partial charge in [0.25, 0.3) is 0 Å². The first kappa shape index (κ1) is 9.69. The summed E-state index contributed by atoms with van der Waals surface area (Å²) >= 11 is 0. The monoisotopic (exact) mass is 191 g/mol. The number of benzene rings is 1. The lowest BCUT2D eigenvalue weighted by Crippen LogP contribution is -2.20. The van der Waals surface area contributed by atoms with Gasteiger partial charge in [0.2, 0.25) is 0 Å². The zero-order chi connectivity index (χ0) is 9.80. The number of hydrogen-bond donors (Lipinski definition) is 0. The first-order valence-corrected chi connectivity index (χ1v) is 5.18. The molecule has 1 aliphatic heterocycles. The third-order valence-electron chi connectivity index (χ3n) is 2.53. The van der Waals surface area contributed by atoms with E-state index in [1.165, 1.54) is 12.0 Å². The van der Waals surface area contributed by atoms with Gasteiger partial charge < -0.3 is 9.64 Å². The average Bonchev–Trinajstić information content (AvgIpc) is 3.00. The van der Waals surface area contributed by atoms with Crippen LogP contribution in [-0.4, -0.2) is 31.2 Å². The quantitative estimate of drug-likeness (QED) is 0.661. The van der Waals surface area contributed by atoms with Crippen LogP contribution in [0.25, 0.3) is 0 Å². The fraction of sp³-hybridized carbons (Fsp3) is 0.500. The minimum Gasteiger partial charge on any atom is -0.373 e. The van der Waals surface area contributed by atoms with Crippen molar-refractivity contribution in [3.8, 4) is 0 Å². The zero-order valence-electron chi connectivity index (χ0n) is 8.65. The van der Waals surface area contributed by atoms with Gasteiger partial charge in [-0.25, -0.2) is 0 Å². The lowest BCUT2D eigenvalue weighted by molar-refractivity contribution is 0.296. The standard InChI is InChI=1S/C12H17NO/c1-13(8-7-12-10-14-12)9-11-5-3-2-4-6-11/h2-6,12H,7-10H2,1H3. The van der Waals surface area contributed by atoms with Crippen LogP contribution in [0.3, 0.4) is 0 Å². The molecule has 1 unspecified atom stereocenters. The highest BCUT2D eigenvalue weighted by Crippen LogP contribution is 2.14. The lowest BCUT2D eigenvalue weighted by Gasteiger charge is -2.15. The van der Waals surface area contributed by atoms with Crippen LogP contribution in [0, 0.1) is 0 Å². The molecule has 1 atom stereocenters. The summed E-state index contributed by atoms with van der Waals surface area (Å²) in [5, 5.41) is 0. The Morgan fingerprint density at radius 1 is 1.36 bits per heavy atom. The third kappa shape index (κ3) is 3.13. The second-order valence-electron chi connectivity index (χ2n) is 3.97. The highest BCUT2D eigenvalue weighted by molar-refractivity contribution is 5.14. The Morgan fingerprint density at radius 3 is 2.71 bits per heavy atom. The highest BCUT2D eigenvalue weighted by Gasteiger charge is 2.21. The largest absolute Gasteiger partial charge is 0.373 e. The Hall–Kier alpha value is -0.860. The van der Waals surface area contributed by atoms with Gasteiger partial charge in [0, 0.05) is 13.1 Å². The van der Waals surface area contributed by atoms with Gasteiger partial charge in [0.15, 0.2) is 0 Å². The summed E-state index contributed by atoms with van der Waals surface area (Å²) in [7, 11) is 2.16. The Morgan fingerprint density at radius 2 is 2.07 bits per heavy atom. The van der Waals surface area contributed by atoms with E-state index in [2.05, 4.69) is 42.3 Å². The summed E-state index contributed by atoms with van der Waals surface area (Å²) in [6.45, 7) is 3.13. The molecule has 0 radical (unpaired) electrons. The van der Waals surface area contributed by atoms with E-state index >= 15 is 0 Å². The summed E-state index contributed by atoms with van der Waals surface area (Å²) in [6, 6.07) is 10.6. The van der Waals surface area contributed by atoms with Crippen molar-refractivity contribution in [3.63, 3.8) is 0 Å². The SMILES string of the molecule is CN(CCC1CO1)Cc1ccccc1. The van der Waals surface area contributed by atoms with E-state index in [0.717, 1.165) is 19.7 Å². The third-order valence-corrected chi connectivity index (χ3v) is 2.53. The van der Waals surface area contributed by atoms with E-state index in [1.807, 2.05) is 0 Å². The molecule has 2 heteroatoms. The Balaban J connectivity index is 1.73. The van der Waals surface area contributed by atoms with Crippen molar-refractivity contribution < 1.29 is 4.74 Å². The number of rotatable bonds is 5. The molecule has 76 valence electrons. The molecule has 0 amide bonds. The van der Waals surface area contributed by atoms with Gasteiger partial charge in [-0.2, -0.15) is 0 Å². The molecule has 0 aromatic heterocycles. The molecule has 0 spiro atoms. The van der Waals surface area contributed by atoms with Gasteiger partial charge in [-0.05, 0) is 19.0 Å². The van der Waals surface area contributed by atoms with Crippen molar-refractivity contribution in [1.29, 1.82) is 0 Å². The van der Waals surface area contributed by atoms with Gasteiger partial charge in [-0.1, -0.05) is 30.3 Å². The molecule has 0 saturated carbocycles. The fourth-order valence-corrected chi connectivity index (χ4v) is 1.57. The van der Waals surface area contributed by atoms with Gasteiger partial charge in [0.1, 0.15) is 0 Å². The van der Waals surface area contributed by atoms with Gasteiger partial charge >= 0.3 is 0 Å². The molecule has 1 heterocycles. The van der Waals surface area contributed by atoms with Crippen molar-refractivity contribution >= 4 is 0 Å². The van der Waals surface area contributed by atoms with E-state index in [-0.39, 0.29) is 0 Å². The zero-order valence-corrected chi connectivity index (χ0v) is 8.65. The van der Waals surface area contributed by atoms with Crippen molar-refractivity contribution in [2.24, 2.45) is 0 Å². The number of nitrogens with zero attached hydrogens (tertiary/aromatic N) is 1. The molecule has 1 fully saturated rings. The maximum atomic E-state index is 5.18. The van der Waals surface area contributed by atoms with E-state index in [1.54, 1.807) is 0 Å². The number of hydrogen-bond acceptors (Lipinski definition) is 2. The lowest BCUT2D eigenvalue weighted by atomic mass is 10.2. The molecule has 2 rings (SSSR count). The molecule has 0 bridgehead atoms. The molecular formula is C12H17NO. The summed E-state index contributed by atoms with van der Waals surface area (Å²) in [5.74, 6) is 0. The molecule has 1 saturated heterocycles. The van der Waals surface area contributed by atoms with Crippen molar-refractivity contribution in [2.75, 3.05) is 20.2 Å². The van der Waals surface area contributed by atoms with Crippen molar-refractivity contribution in [1.82, 2.24) is 4.90 Å². The Bertz CT molecular complexity index is 269. The van der Waals surface area contributed by atoms with E-state index < -0.39 is 0 Å². The van der Waals surface area contributed by atoms with E-state index in [0.29, 0.717) is 6.10 Å². The first-order valence-electron chi connectivity index (χ1n) is 5.18. The van der Waals surface area contributed by atoms with Crippen LogP contribution >= 0.6 is 0 Å². The van der Waals surface area contributed by atoms with E-state index in [9.17, 15) is 0 Å². The van der Waals surface area contributed by atoms with Crippen molar-refractivity contribution in [2.45, 2.75) is 19.1 Å². The highest BCUT2D eigenvalue weighted by atomic mass is 16.6. The Kier molecular flexibility index (Phi) is 3.17. The van der Waals surface area contributed by atoms with Crippen LogP contribution in [0.5, 0.6) is 0 Å². The molecule has 2 nitrogen and oxygen atoms in total. The van der Waals surface area contributed by atoms with Crippen LogP contribution in [0.15, 0.2) is 30.3 Å². The van der Waals surface area contributed by atoms with Gasteiger partial charge in [0.05, 0.1) is 12.7 Å². The second-order valence-corrected chi connectivity index (χ2v) is 3.97. The molecule has 0 N–H and O–H groups in total. The number of ether oxygens (including phenoxy) is 1. The fourth-order valence-electron chi connectivity index (χ4n) is 1.57. The van der Waals surface area contributed by atoms with Crippen LogP contribution in [-0.2, 0) is 11.3 Å². The number of epoxide rings is 1. The summed E-state index contributed by atoms with van der Waals surface area (Å²) in [5.41, 5.74) is 1.38. The molecule has 1 aliphatic rings. The van der Waals surface area contributed by atoms with Crippen LogP contribution in [0.2, 0.25) is 0 Å². The molecule has 0 aliphatic carbocycles. The van der Waals surface area contributed by atoms with Crippen LogP contribution in [0.1, 0.15) is 12.0 Å². The maximum Gasteiger partial charge on any atom is 0.0822 e. The summed E-state index contributed by atoms with van der Waals surface area (Å²) in [4.78, 5) is 2.34. The van der Waals surface area contributed by atoms with E-state index in [4.69, 9.17) is 4.74 Å².